The molecule has 13 heteroatoms. The molecule has 0 aromatic heterocycles. The SMILES string of the molecule is [CH-]=O.[CH-]=O.[CH-]=O.[CH-]=O.[CH-]=O.[CH-]=O.[CH-]=O.[CH-]=O.[CH-]=O.[CH2-]Cl.[Co+3].[Co+3].[Co]. The van der Waals surface area contributed by atoms with E-state index in [9.17, 15) is 0 Å². The number of hydrogen-bond donors (Lipinski definition) is 0. The molecule has 1 radical (unpaired) electrons. The van der Waals surface area contributed by atoms with Gasteiger partial charge in [0, 0.05) is 16.8 Å². The fourth-order valence-electron chi connectivity index (χ4n) is 0. The molecule has 0 aromatic rings. The van der Waals surface area contributed by atoms with E-state index in [4.69, 9.17) is 43.2 Å². The van der Waals surface area contributed by atoms with Gasteiger partial charge < -0.3 is 54.8 Å². The predicted molar refractivity (Wildman–Crippen MR) is 72.0 cm³/mol. The first-order valence-electron chi connectivity index (χ1n) is 2.39. The first kappa shape index (κ1) is 121. The third kappa shape index (κ3) is 5490. The van der Waals surface area contributed by atoms with Crippen molar-refractivity contribution in [2.45, 2.75) is 0 Å². The molecule has 0 bridgehead atoms. The summed E-state index contributed by atoms with van der Waals surface area (Å²) in [5.41, 5.74) is 0. The summed E-state index contributed by atoms with van der Waals surface area (Å²) in [6, 6.07) is 0. The Morgan fingerprint density at radius 2 is 0.348 bits per heavy atom. The van der Waals surface area contributed by atoms with Crippen LogP contribution in [0.5, 0.6) is 0 Å². The summed E-state index contributed by atoms with van der Waals surface area (Å²) in [6.07, 6.45) is 2.72. The Bertz CT molecular complexity index is 66.1. The summed E-state index contributed by atoms with van der Waals surface area (Å²) in [5, 5.41) is 0. The summed E-state index contributed by atoms with van der Waals surface area (Å²) >= 11 is 4.39. The topological polar surface area (TPSA) is 154 Å². The van der Waals surface area contributed by atoms with Gasteiger partial charge in [0.05, 0.1) is 0 Å². The normalized spacial score (nSPS) is 1.83. The quantitative estimate of drug-likeness (QED) is 0.295. The maximum atomic E-state index is 7.75. The van der Waals surface area contributed by atoms with Gasteiger partial charge in [0.2, 0.25) is 0 Å². The van der Waals surface area contributed by atoms with E-state index in [1.165, 1.54) is 0 Å². The van der Waals surface area contributed by atoms with Gasteiger partial charge in [0.25, 0.3) is 0 Å². The van der Waals surface area contributed by atoms with Crippen molar-refractivity contribution in [3.05, 3.63) is 6.38 Å². The largest absolute Gasteiger partial charge is 3.00 e. The molecule has 0 spiro atoms. The smallest absolute Gasteiger partial charge is 0.545 e. The van der Waals surface area contributed by atoms with Gasteiger partial charge in [-0.15, -0.1) is 0 Å². The van der Waals surface area contributed by atoms with E-state index in [1.807, 2.05) is 0 Å². The summed E-state index contributed by atoms with van der Waals surface area (Å²) < 4.78 is 0. The summed E-state index contributed by atoms with van der Waals surface area (Å²) in [6.45, 7) is 29.2. The molecule has 0 rings (SSSR count). The molecule has 0 heterocycles. The van der Waals surface area contributed by atoms with Crippen LogP contribution in [0.3, 0.4) is 0 Å². The zero-order chi connectivity index (χ0) is 20.0. The van der Waals surface area contributed by atoms with Crippen LogP contribution < -0.4 is 0 Å². The van der Waals surface area contributed by atoms with Crippen molar-refractivity contribution in [1.29, 1.82) is 0 Å². The van der Waals surface area contributed by atoms with Crippen molar-refractivity contribution in [3.63, 3.8) is 0 Å². The molecule has 0 saturated heterocycles. The van der Waals surface area contributed by atoms with Crippen LogP contribution in [-0.2, 0) is 93.5 Å². The molecular weight excluding hydrogens is 476 g/mol. The monoisotopic (exact) mass is 487 g/mol. The maximum absolute atomic E-state index is 7.75. The minimum atomic E-state index is 0. The van der Waals surface area contributed by atoms with Crippen LogP contribution >= 0.6 is 11.6 Å². The third-order valence-electron chi connectivity index (χ3n) is 0. The Kier molecular flexibility index (Phi) is 32100. The van der Waals surface area contributed by atoms with Gasteiger partial charge in [0.15, 0.2) is 0 Å². The van der Waals surface area contributed by atoms with Gasteiger partial charge in [-0.2, -0.15) is 0 Å². The van der Waals surface area contributed by atoms with Crippen molar-refractivity contribution >= 4 is 72.7 Å². The number of carbonyl (C=O) groups excluding carboxylic acids is 9. The molecule has 0 aliphatic rings. The van der Waals surface area contributed by atoms with Crippen LogP contribution in [0.1, 0.15) is 0 Å². The second-order valence-corrected chi connectivity index (χ2v) is 0. The molecule has 0 atom stereocenters. The molecule has 0 saturated carbocycles. The Labute approximate surface area is 172 Å². The minimum absolute atomic E-state index is 0. The van der Waals surface area contributed by atoms with Gasteiger partial charge >= 0.3 is 33.6 Å². The van der Waals surface area contributed by atoms with Gasteiger partial charge in [-0.1, -0.05) is 0 Å². The van der Waals surface area contributed by atoms with Crippen molar-refractivity contribution in [2.24, 2.45) is 0 Å². The average Bonchev–Trinajstić information content (AvgIpc) is 2.71. The second-order valence-electron chi connectivity index (χ2n) is 0. The zero-order valence-corrected chi connectivity index (χ0v) is 14.8. The molecular formula is C10H11ClCo3O9-4. The molecule has 0 N–H and O–H groups in total. The molecule has 143 valence electrons. The van der Waals surface area contributed by atoms with E-state index < -0.39 is 0 Å². The van der Waals surface area contributed by atoms with Crippen molar-refractivity contribution in [3.8, 4) is 0 Å². The Morgan fingerprint density at radius 1 is 0.348 bits per heavy atom. The van der Waals surface area contributed by atoms with E-state index in [-0.39, 0.29) is 50.3 Å². The van der Waals surface area contributed by atoms with Gasteiger partial charge in [-0.3, -0.25) is 67.5 Å². The number of rotatable bonds is 0. The minimum Gasteiger partial charge on any atom is -0.545 e. The Hall–Kier alpha value is -1.16. The average molecular weight is 487 g/mol. The predicted octanol–water partition coefficient (Wildman–Crippen LogP) is -1.46. The molecule has 0 amide bonds. The molecule has 0 unspecified atom stereocenters. The first-order chi connectivity index (χ1) is 10.0. The molecule has 9 nitrogen and oxygen atoms in total. The van der Waals surface area contributed by atoms with E-state index in [0.29, 0.717) is 0 Å². The van der Waals surface area contributed by atoms with Crippen LogP contribution in [0.25, 0.3) is 0 Å². The van der Waals surface area contributed by atoms with Crippen LogP contribution in [0.15, 0.2) is 0 Å². The van der Waals surface area contributed by atoms with Crippen molar-refractivity contribution in [2.75, 3.05) is 0 Å². The van der Waals surface area contributed by atoms with Crippen LogP contribution in [-0.4, -0.2) is 61.1 Å². The molecule has 23 heavy (non-hydrogen) atoms. The second kappa shape index (κ2) is 6090. The molecule has 0 aliphatic heterocycles. The van der Waals surface area contributed by atoms with Gasteiger partial charge in [0.1, 0.15) is 0 Å². The Morgan fingerprint density at radius 3 is 0.348 bits per heavy atom. The number of halogens is 1. The standard InChI is InChI=1S/CH2Cl.9CHO.3Co/c10*1-2;;;/h1H2;9*1H;;;/q10*-1;;2*+3. The molecule has 0 aliphatic carbocycles. The van der Waals surface area contributed by atoms with E-state index >= 15 is 0 Å². The Balaban J connectivity index is -0.00000000433. The van der Waals surface area contributed by atoms with Crippen LogP contribution in [0, 0.1) is 6.38 Å². The summed E-state index contributed by atoms with van der Waals surface area (Å²) in [4.78, 5) is 69.8. The number of hydrogen-bond acceptors (Lipinski definition) is 9. The molecule has 0 fully saturated rings. The summed E-state index contributed by atoms with van der Waals surface area (Å²) in [7, 11) is 0. The zero-order valence-electron chi connectivity index (χ0n) is 11.0. The van der Waals surface area contributed by atoms with Gasteiger partial charge in [-0.05, 0) is 0 Å². The summed E-state index contributed by atoms with van der Waals surface area (Å²) in [5.74, 6) is 0. The van der Waals surface area contributed by atoms with Crippen molar-refractivity contribution in [1.82, 2.24) is 0 Å². The first-order valence-corrected chi connectivity index (χ1v) is 2.92. The van der Waals surface area contributed by atoms with E-state index in [0.717, 1.165) is 0 Å². The van der Waals surface area contributed by atoms with Crippen molar-refractivity contribution < 1.29 is 93.5 Å². The fourth-order valence-corrected chi connectivity index (χ4v) is 0. The molecule has 0 aromatic carbocycles. The fraction of sp³-hybridized carbons (Fsp3) is 0. The van der Waals surface area contributed by atoms with Crippen LogP contribution in [0.2, 0.25) is 0 Å². The van der Waals surface area contributed by atoms with Crippen LogP contribution in [0.4, 0.5) is 0 Å². The van der Waals surface area contributed by atoms with E-state index in [2.05, 4.69) is 79.1 Å². The third-order valence-corrected chi connectivity index (χ3v) is 0. The van der Waals surface area contributed by atoms with E-state index in [1.54, 1.807) is 0 Å². The maximum Gasteiger partial charge on any atom is 3.00 e. The van der Waals surface area contributed by atoms with Gasteiger partial charge in [-0.25, -0.2) is 0 Å².